The van der Waals surface area contributed by atoms with E-state index < -0.39 is 0 Å². The van der Waals surface area contributed by atoms with Crippen molar-refractivity contribution in [3.05, 3.63) is 11.0 Å². The molecule has 1 heterocycles. The fourth-order valence-electron chi connectivity index (χ4n) is 0.710. The van der Waals surface area contributed by atoms with E-state index in [2.05, 4.69) is 24.2 Å². The van der Waals surface area contributed by atoms with Crippen LogP contribution in [0.1, 0.15) is 13.8 Å². The molecule has 0 amide bonds. The van der Waals surface area contributed by atoms with Crippen molar-refractivity contribution in [3.8, 4) is 0 Å². The second-order valence-corrected chi connectivity index (χ2v) is 8.37. The molecule has 1 unspecified atom stereocenters. The van der Waals surface area contributed by atoms with Gasteiger partial charge in [0.25, 0.3) is 0 Å². The Labute approximate surface area is 82.3 Å². The summed E-state index contributed by atoms with van der Waals surface area (Å²) in [7, 11) is 0. The molecular formula is C7H10HgNS. The molecule has 0 aliphatic carbocycles. The molecular weight excluding hydrogens is 331 g/mol. The number of hydrogen-bond acceptors (Lipinski definition) is 2. The molecule has 0 spiro atoms. The molecule has 1 aliphatic heterocycles. The van der Waals surface area contributed by atoms with E-state index in [9.17, 15) is 0 Å². The van der Waals surface area contributed by atoms with Gasteiger partial charge in [-0.25, -0.2) is 0 Å². The Hall–Kier alpha value is 0.695. The second kappa shape index (κ2) is 3.91. The van der Waals surface area contributed by atoms with Crippen LogP contribution in [-0.4, -0.2) is 11.6 Å². The van der Waals surface area contributed by atoms with Gasteiger partial charge in [-0.3, -0.25) is 0 Å². The minimum atomic E-state index is 0.851. The normalized spacial score (nSPS) is 21.6. The summed E-state index contributed by atoms with van der Waals surface area (Å²) in [6.07, 6.45) is 0. The Morgan fingerprint density at radius 1 is 1.80 bits per heavy atom. The van der Waals surface area contributed by atoms with Gasteiger partial charge in [-0.15, -0.1) is 0 Å². The molecule has 0 radical (unpaired) electrons. The number of thioether (sulfide) groups is 1. The fraction of sp³-hybridized carbons (Fsp3) is 0.571. The molecule has 1 atom stereocenters. The van der Waals surface area contributed by atoms with Crippen LogP contribution < -0.4 is 0 Å². The van der Waals surface area contributed by atoms with Gasteiger partial charge in [0, 0.05) is 0 Å². The number of hydrogen-bond donors (Lipinski definition) is 0. The van der Waals surface area contributed by atoms with Crippen molar-refractivity contribution in [1.29, 1.82) is 0 Å². The van der Waals surface area contributed by atoms with E-state index in [0.29, 0.717) is 0 Å². The molecule has 0 aromatic carbocycles. The fourth-order valence-corrected chi connectivity index (χ4v) is 3.10. The van der Waals surface area contributed by atoms with Crippen LogP contribution in [0.15, 0.2) is 16.0 Å². The molecule has 0 aromatic heterocycles. The Kier molecular flexibility index (Phi) is 3.43. The van der Waals surface area contributed by atoms with Gasteiger partial charge in [-0.05, 0) is 0 Å². The Balaban J connectivity index is 2.54. The maximum absolute atomic E-state index is 4.38. The molecule has 51 valence electrons. The van der Waals surface area contributed by atoms with Gasteiger partial charge in [0.15, 0.2) is 0 Å². The first-order chi connectivity index (χ1) is 4.70. The van der Waals surface area contributed by atoms with Crippen molar-refractivity contribution in [2.75, 3.05) is 6.54 Å². The van der Waals surface area contributed by atoms with E-state index in [1.165, 1.54) is 5.04 Å². The summed E-state index contributed by atoms with van der Waals surface area (Å²) in [4.78, 5) is 4.38. The topological polar surface area (TPSA) is 12.4 Å². The van der Waals surface area contributed by atoms with E-state index in [0.717, 1.165) is 36.1 Å². The van der Waals surface area contributed by atoms with Crippen LogP contribution in [0.25, 0.3) is 0 Å². The minimum absolute atomic E-state index is 0.851. The molecule has 0 bridgehead atoms. The van der Waals surface area contributed by atoms with Gasteiger partial charge in [0.2, 0.25) is 0 Å². The molecule has 10 heavy (non-hydrogen) atoms. The van der Waals surface area contributed by atoms with Crippen LogP contribution in [0.3, 0.4) is 0 Å². The van der Waals surface area contributed by atoms with Crippen LogP contribution in [0.4, 0.5) is 0 Å². The SMILES string of the molecule is CC1=NCC([CH](C)[Hg])=CS1. The first kappa shape index (κ1) is 8.79. The quantitative estimate of drug-likeness (QED) is 0.668. The van der Waals surface area contributed by atoms with Crippen LogP contribution in [0.2, 0.25) is 3.43 Å². The second-order valence-electron chi connectivity index (χ2n) is 2.55. The third kappa shape index (κ3) is 2.38. The van der Waals surface area contributed by atoms with Gasteiger partial charge in [0.05, 0.1) is 0 Å². The van der Waals surface area contributed by atoms with Gasteiger partial charge < -0.3 is 0 Å². The van der Waals surface area contributed by atoms with Crippen LogP contribution >= 0.6 is 11.8 Å². The Bertz CT molecular complexity index is 184. The number of aliphatic imine (C=N–C) groups is 1. The standard InChI is InChI=1S/C7H10NS.Hg/c1-3-7-4-8-6(2)9-5-7;/h3,5H,4H2,1-2H3;. The van der Waals surface area contributed by atoms with E-state index in [1.807, 2.05) is 0 Å². The van der Waals surface area contributed by atoms with Gasteiger partial charge in [0.1, 0.15) is 0 Å². The summed E-state index contributed by atoms with van der Waals surface area (Å²) < 4.78 is 0.851. The first-order valence-electron chi connectivity index (χ1n) is 3.40. The molecule has 0 aromatic rings. The van der Waals surface area contributed by atoms with Gasteiger partial charge in [-0.1, -0.05) is 0 Å². The zero-order valence-electron chi connectivity index (χ0n) is 6.42. The summed E-state index contributed by atoms with van der Waals surface area (Å²) in [5.74, 6) is 0. The summed E-state index contributed by atoms with van der Waals surface area (Å²) in [6, 6.07) is 0. The van der Waals surface area contributed by atoms with Gasteiger partial charge >= 0.3 is 82.7 Å². The Morgan fingerprint density at radius 2 is 2.50 bits per heavy atom. The summed E-state index contributed by atoms with van der Waals surface area (Å²) >= 11 is 2.64. The number of nitrogens with zero attached hydrogens (tertiary/aromatic N) is 1. The monoisotopic (exact) mass is 342 g/mol. The first-order valence-corrected chi connectivity index (χ1v) is 7.45. The van der Waals surface area contributed by atoms with Crippen molar-refractivity contribution >= 4 is 16.8 Å². The average Bonchev–Trinajstić information content (AvgIpc) is 1.88. The summed E-state index contributed by atoms with van der Waals surface area (Å²) in [5, 5.41) is 3.48. The molecule has 1 nitrogen and oxygen atoms in total. The van der Waals surface area contributed by atoms with E-state index in [4.69, 9.17) is 0 Å². The van der Waals surface area contributed by atoms with Crippen LogP contribution in [-0.2, 0) is 26.1 Å². The molecule has 1 rings (SSSR count). The van der Waals surface area contributed by atoms with E-state index in [-0.39, 0.29) is 0 Å². The van der Waals surface area contributed by atoms with Crippen LogP contribution in [0, 0.1) is 0 Å². The molecule has 3 heteroatoms. The zero-order valence-corrected chi connectivity index (χ0v) is 12.7. The summed E-state index contributed by atoms with van der Waals surface area (Å²) in [5.41, 5.74) is 1.54. The average molecular weight is 341 g/mol. The molecule has 0 saturated carbocycles. The predicted octanol–water partition coefficient (Wildman–Crippen LogP) is 2.39. The van der Waals surface area contributed by atoms with Crippen molar-refractivity contribution in [2.24, 2.45) is 4.99 Å². The van der Waals surface area contributed by atoms with Crippen molar-refractivity contribution in [2.45, 2.75) is 17.3 Å². The zero-order chi connectivity index (χ0) is 7.56. The van der Waals surface area contributed by atoms with Crippen molar-refractivity contribution < 1.29 is 26.1 Å². The van der Waals surface area contributed by atoms with Crippen molar-refractivity contribution in [3.63, 3.8) is 0 Å². The molecule has 0 saturated heterocycles. The van der Waals surface area contributed by atoms with E-state index >= 15 is 0 Å². The Morgan fingerprint density at radius 3 is 2.90 bits per heavy atom. The van der Waals surface area contributed by atoms with Crippen LogP contribution in [0.5, 0.6) is 0 Å². The predicted molar refractivity (Wildman–Crippen MR) is 43.1 cm³/mol. The van der Waals surface area contributed by atoms with Gasteiger partial charge in [-0.2, -0.15) is 0 Å². The van der Waals surface area contributed by atoms with Crippen molar-refractivity contribution in [1.82, 2.24) is 0 Å². The third-order valence-corrected chi connectivity index (χ3v) is 4.43. The molecule has 0 N–H and O–H groups in total. The maximum atomic E-state index is 4.38. The summed E-state index contributed by atoms with van der Waals surface area (Å²) in [6.45, 7) is 5.33. The molecule has 1 aliphatic rings. The third-order valence-electron chi connectivity index (χ3n) is 1.50. The molecule has 0 fully saturated rings. The number of rotatable bonds is 1. The van der Waals surface area contributed by atoms with E-state index in [1.54, 1.807) is 17.3 Å².